The van der Waals surface area contributed by atoms with E-state index in [4.69, 9.17) is 14.2 Å². The number of carbonyl (C=O) groups excluding carboxylic acids is 2. The van der Waals surface area contributed by atoms with Crippen molar-refractivity contribution in [2.45, 2.75) is 90.8 Å². The van der Waals surface area contributed by atoms with E-state index in [9.17, 15) is 9.59 Å². The van der Waals surface area contributed by atoms with Gasteiger partial charge in [0.1, 0.15) is 6.61 Å². The van der Waals surface area contributed by atoms with E-state index in [1.165, 1.54) is 26.9 Å². The van der Waals surface area contributed by atoms with Gasteiger partial charge in [0.05, 0.1) is 24.7 Å². The van der Waals surface area contributed by atoms with E-state index in [2.05, 4.69) is 26.8 Å². The standard InChI is InChI=1S/C23H36O5/c1-16(24)27-15-17-8-9-18-20(2,3)10-7-11-22(18,5)23(17)13-12-21(4,28-23)14-19(25)26-6/h8,18H,7,9-15H2,1-6H3/t18-,21-,22-,23+/m0/s1. The maximum atomic E-state index is 12.0. The Morgan fingerprint density at radius 2 is 1.86 bits per heavy atom. The van der Waals surface area contributed by atoms with Crippen molar-refractivity contribution in [3.05, 3.63) is 11.6 Å². The monoisotopic (exact) mass is 392 g/mol. The number of esters is 2. The molecule has 0 amide bonds. The minimum atomic E-state index is -0.561. The van der Waals surface area contributed by atoms with Crippen molar-refractivity contribution in [1.82, 2.24) is 0 Å². The van der Waals surface area contributed by atoms with Gasteiger partial charge in [0.2, 0.25) is 0 Å². The summed E-state index contributed by atoms with van der Waals surface area (Å²) in [7, 11) is 1.42. The second-order valence-electron chi connectivity index (χ2n) is 10.2. The SMILES string of the molecule is COC(=O)C[C@]1(C)CC[C@@]2(O1)C(COC(C)=O)=CC[C@H]1C(C)(C)CCC[C@@]12C. The number of methoxy groups -OCH3 is 1. The Kier molecular flexibility index (Phi) is 5.46. The molecular formula is C23H36O5. The van der Waals surface area contributed by atoms with Crippen LogP contribution in [0.5, 0.6) is 0 Å². The number of fused-ring (bicyclic) bond motifs is 2. The summed E-state index contributed by atoms with van der Waals surface area (Å²) in [6.45, 7) is 10.8. The van der Waals surface area contributed by atoms with Crippen LogP contribution in [0.1, 0.15) is 79.6 Å². The van der Waals surface area contributed by atoms with Crippen molar-refractivity contribution in [3.63, 3.8) is 0 Å². The number of hydrogen-bond acceptors (Lipinski definition) is 5. The third-order valence-corrected chi connectivity index (χ3v) is 7.87. The Balaban J connectivity index is 2.02. The molecule has 2 fully saturated rings. The van der Waals surface area contributed by atoms with E-state index in [1.54, 1.807) is 0 Å². The summed E-state index contributed by atoms with van der Waals surface area (Å²) in [5.41, 5.74) is 0.203. The van der Waals surface area contributed by atoms with E-state index in [0.717, 1.165) is 31.3 Å². The molecule has 5 nitrogen and oxygen atoms in total. The highest BCUT2D eigenvalue weighted by atomic mass is 16.6. The lowest BCUT2D eigenvalue weighted by atomic mass is 9.46. The largest absolute Gasteiger partial charge is 0.469 e. The summed E-state index contributed by atoms with van der Waals surface area (Å²) in [5.74, 6) is -0.0236. The molecular weight excluding hydrogens is 356 g/mol. The van der Waals surface area contributed by atoms with Gasteiger partial charge in [-0.15, -0.1) is 0 Å². The van der Waals surface area contributed by atoms with Crippen molar-refractivity contribution in [1.29, 1.82) is 0 Å². The quantitative estimate of drug-likeness (QED) is 0.517. The van der Waals surface area contributed by atoms with Crippen LogP contribution in [0.15, 0.2) is 11.6 Å². The molecule has 1 heterocycles. The highest BCUT2D eigenvalue weighted by molar-refractivity contribution is 5.70. The smallest absolute Gasteiger partial charge is 0.308 e. The maximum Gasteiger partial charge on any atom is 0.308 e. The molecule has 158 valence electrons. The van der Waals surface area contributed by atoms with Gasteiger partial charge in [0, 0.05) is 12.3 Å². The topological polar surface area (TPSA) is 61.8 Å². The average molecular weight is 393 g/mol. The third kappa shape index (κ3) is 3.40. The van der Waals surface area contributed by atoms with Crippen molar-refractivity contribution < 1.29 is 23.8 Å². The van der Waals surface area contributed by atoms with E-state index in [-0.39, 0.29) is 35.8 Å². The van der Waals surface area contributed by atoms with Gasteiger partial charge in [-0.3, -0.25) is 9.59 Å². The Bertz CT molecular complexity index is 680. The summed E-state index contributed by atoms with van der Waals surface area (Å²) in [5, 5.41) is 0. The fourth-order valence-corrected chi connectivity index (χ4v) is 6.42. The van der Waals surface area contributed by atoms with Crippen LogP contribution in [0.3, 0.4) is 0 Å². The van der Waals surface area contributed by atoms with Gasteiger partial charge >= 0.3 is 11.9 Å². The molecule has 0 unspecified atom stereocenters. The van der Waals surface area contributed by atoms with Gasteiger partial charge in [0.15, 0.2) is 0 Å². The lowest BCUT2D eigenvalue weighted by molar-refractivity contribution is -0.196. The number of ether oxygens (including phenoxy) is 3. The minimum Gasteiger partial charge on any atom is -0.469 e. The molecule has 2 aliphatic carbocycles. The molecule has 0 aromatic rings. The molecule has 0 N–H and O–H groups in total. The summed E-state index contributed by atoms with van der Waals surface area (Å²) in [4.78, 5) is 23.5. The molecule has 5 heteroatoms. The van der Waals surface area contributed by atoms with Crippen molar-refractivity contribution in [3.8, 4) is 0 Å². The second-order valence-corrected chi connectivity index (χ2v) is 10.2. The first-order valence-electron chi connectivity index (χ1n) is 10.6. The van der Waals surface area contributed by atoms with Crippen LogP contribution < -0.4 is 0 Å². The Morgan fingerprint density at radius 1 is 1.14 bits per heavy atom. The highest BCUT2D eigenvalue weighted by Gasteiger charge is 2.65. The Labute approximate surface area is 169 Å². The molecule has 1 saturated heterocycles. The summed E-state index contributed by atoms with van der Waals surface area (Å²) < 4.78 is 17.3. The first-order chi connectivity index (χ1) is 13.0. The fourth-order valence-electron chi connectivity index (χ4n) is 6.42. The molecule has 1 spiro atoms. The molecule has 3 rings (SSSR count). The zero-order valence-electron chi connectivity index (χ0n) is 18.4. The Morgan fingerprint density at radius 3 is 2.50 bits per heavy atom. The lowest BCUT2D eigenvalue weighted by Gasteiger charge is -2.61. The van der Waals surface area contributed by atoms with Gasteiger partial charge in [-0.05, 0) is 55.9 Å². The van der Waals surface area contributed by atoms with Crippen LogP contribution in [0.2, 0.25) is 0 Å². The summed E-state index contributed by atoms with van der Waals surface area (Å²) in [6, 6.07) is 0. The molecule has 0 radical (unpaired) electrons. The third-order valence-electron chi connectivity index (χ3n) is 7.87. The molecule has 28 heavy (non-hydrogen) atoms. The zero-order valence-corrected chi connectivity index (χ0v) is 18.4. The van der Waals surface area contributed by atoms with Crippen LogP contribution in [-0.4, -0.2) is 36.9 Å². The van der Waals surface area contributed by atoms with Gasteiger partial charge in [-0.25, -0.2) is 0 Å². The Hall–Kier alpha value is -1.36. The first-order valence-corrected chi connectivity index (χ1v) is 10.6. The van der Waals surface area contributed by atoms with Gasteiger partial charge in [-0.1, -0.05) is 33.3 Å². The fraction of sp³-hybridized carbons (Fsp3) is 0.826. The summed E-state index contributed by atoms with van der Waals surface area (Å²) >= 11 is 0. The zero-order chi connectivity index (χ0) is 20.8. The van der Waals surface area contributed by atoms with Crippen molar-refractivity contribution >= 4 is 11.9 Å². The number of carbonyl (C=O) groups is 2. The normalized spacial score (nSPS) is 39.2. The van der Waals surface area contributed by atoms with Gasteiger partial charge in [-0.2, -0.15) is 0 Å². The van der Waals surface area contributed by atoms with Crippen molar-refractivity contribution in [2.24, 2.45) is 16.7 Å². The van der Waals surface area contributed by atoms with E-state index >= 15 is 0 Å². The van der Waals surface area contributed by atoms with Crippen LogP contribution >= 0.6 is 0 Å². The minimum absolute atomic E-state index is 0.0487. The first kappa shape index (κ1) is 21.4. The molecule has 0 aromatic carbocycles. The van der Waals surface area contributed by atoms with Crippen LogP contribution in [0.4, 0.5) is 0 Å². The summed E-state index contributed by atoms with van der Waals surface area (Å²) in [6.07, 6.45) is 8.60. The van der Waals surface area contributed by atoms with Crippen LogP contribution in [-0.2, 0) is 23.8 Å². The molecule has 3 aliphatic rings. The van der Waals surface area contributed by atoms with Crippen LogP contribution in [0, 0.1) is 16.7 Å². The molecule has 0 bridgehead atoms. The van der Waals surface area contributed by atoms with Gasteiger partial charge < -0.3 is 14.2 Å². The van der Waals surface area contributed by atoms with Crippen LogP contribution in [0.25, 0.3) is 0 Å². The number of hydrogen-bond donors (Lipinski definition) is 0. The predicted octanol–water partition coefficient (Wildman–Crippen LogP) is 4.58. The highest BCUT2D eigenvalue weighted by Crippen LogP contribution is 2.66. The molecule has 1 saturated carbocycles. The number of allylic oxidation sites excluding steroid dienone is 1. The van der Waals surface area contributed by atoms with E-state index < -0.39 is 11.2 Å². The molecule has 4 atom stereocenters. The maximum absolute atomic E-state index is 12.0. The van der Waals surface area contributed by atoms with E-state index in [0.29, 0.717) is 5.92 Å². The average Bonchev–Trinajstić information content (AvgIpc) is 2.94. The second kappa shape index (κ2) is 7.16. The van der Waals surface area contributed by atoms with Gasteiger partial charge in [0.25, 0.3) is 0 Å². The molecule has 0 aromatic heterocycles. The van der Waals surface area contributed by atoms with E-state index in [1.807, 2.05) is 6.92 Å². The van der Waals surface area contributed by atoms with Crippen molar-refractivity contribution in [2.75, 3.05) is 13.7 Å². The molecule has 1 aliphatic heterocycles. The number of rotatable bonds is 4. The lowest BCUT2D eigenvalue weighted by Crippen LogP contribution is -2.60. The predicted molar refractivity (Wildman–Crippen MR) is 107 cm³/mol.